The molecule has 7 heteroatoms. The summed E-state index contributed by atoms with van der Waals surface area (Å²) in [6, 6.07) is 4.37. The molecule has 2 rings (SSSR count). The van der Waals surface area contributed by atoms with Crippen molar-refractivity contribution < 1.29 is 13.5 Å². The molecule has 0 aliphatic heterocycles. The average Bonchev–Trinajstić information content (AvgIpc) is 2.68. The Balaban J connectivity index is 2.30. The van der Waals surface area contributed by atoms with Gasteiger partial charge in [0.15, 0.2) is 0 Å². The summed E-state index contributed by atoms with van der Waals surface area (Å²) < 4.78 is 28.1. The first-order chi connectivity index (χ1) is 7.96. The zero-order chi connectivity index (χ0) is 12.5. The summed E-state index contributed by atoms with van der Waals surface area (Å²) in [5.41, 5.74) is 6.75. The second kappa shape index (κ2) is 4.47. The monoisotopic (exact) mass is 351 g/mol. The van der Waals surface area contributed by atoms with Gasteiger partial charge in [-0.3, -0.25) is 0 Å². The van der Waals surface area contributed by atoms with Crippen molar-refractivity contribution in [2.45, 2.75) is 4.12 Å². The number of ether oxygens (including phenoxy) is 1. The van der Waals surface area contributed by atoms with Crippen molar-refractivity contribution in [3.63, 3.8) is 0 Å². The van der Waals surface area contributed by atoms with Gasteiger partial charge in [0, 0.05) is 18.5 Å². The molecule has 1 aromatic heterocycles. The molecule has 17 heavy (non-hydrogen) atoms. The van der Waals surface area contributed by atoms with Crippen LogP contribution in [0.5, 0.6) is 5.75 Å². The second-order valence-corrected chi connectivity index (χ2v) is 4.49. The molecule has 2 aromatic rings. The van der Waals surface area contributed by atoms with Gasteiger partial charge in [0.05, 0.1) is 40.3 Å². The first-order valence-electron chi connectivity index (χ1n) is 4.59. The highest BCUT2D eigenvalue weighted by Crippen LogP contribution is 2.30. The number of nitrogens with two attached hydrogens (primary N) is 1. The maximum atomic E-state index is 12.6. The lowest BCUT2D eigenvalue weighted by Crippen LogP contribution is -2.14. The number of anilines is 1. The second-order valence-electron chi connectivity index (χ2n) is 3.24. The predicted octanol–water partition coefficient (Wildman–Crippen LogP) is 2.82. The zero-order valence-corrected chi connectivity index (χ0v) is 10.6. The van der Waals surface area contributed by atoms with Gasteiger partial charge in [-0.2, -0.15) is 8.78 Å². The maximum absolute atomic E-state index is 12.6. The van der Waals surface area contributed by atoms with Gasteiger partial charge in [-0.15, -0.1) is 0 Å². The Morgan fingerprint density at radius 3 is 2.71 bits per heavy atom. The molecule has 0 radical (unpaired) electrons. The summed E-state index contributed by atoms with van der Waals surface area (Å²) in [6.07, 6.45) is 4.88. The Labute approximate surface area is 110 Å². The molecule has 0 saturated carbocycles. The highest BCUT2D eigenvalue weighted by Gasteiger charge is 2.26. The molecule has 2 N–H and O–H groups in total. The molecule has 0 atom stereocenters. The lowest BCUT2D eigenvalue weighted by atomic mass is 10.2. The Morgan fingerprint density at radius 2 is 2.18 bits per heavy atom. The smallest absolute Gasteiger partial charge is 0.425 e. The Kier molecular flexibility index (Phi) is 3.18. The number of benzene rings is 1. The zero-order valence-electron chi connectivity index (χ0n) is 8.48. The number of alkyl halides is 3. The largest absolute Gasteiger partial charge is 0.451 e. The minimum Gasteiger partial charge on any atom is -0.425 e. The van der Waals surface area contributed by atoms with E-state index in [1.54, 1.807) is 29.4 Å². The van der Waals surface area contributed by atoms with Crippen LogP contribution >= 0.6 is 22.6 Å². The molecular formula is C10H8F2IN3O. The van der Waals surface area contributed by atoms with Gasteiger partial charge < -0.3 is 15.0 Å². The van der Waals surface area contributed by atoms with Gasteiger partial charge in [-0.05, 0) is 12.1 Å². The molecule has 0 fully saturated rings. The van der Waals surface area contributed by atoms with Crippen LogP contribution in [0.15, 0.2) is 36.9 Å². The van der Waals surface area contributed by atoms with Gasteiger partial charge in [0.25, 0.3) is 0 Å². The van der Waals surface area contributed by atoms with E-state index in [0.717, 1.165) is 22.6 Å². The number of halogens is 3. The summed E-state index contributed by atoms with van der Waals surface area (Å²) in [6.45, 7) is 0. The van der Waals surface area contributed by atoms with Gasteiger partial charge in [-0.1, -0.05) is 0 Å². The lowest BCUT2D eigenvalue weighted by molar-refractivity contribution is -0.0691. The minimum atomic E-state index is -3.25. The van der Waals surface area contributed by atoms with Crippen LogP contribution in [-0.4, -0.2) is 13.7 Å². The fraction of sp³-hybridized carbons (Fsp3) is 0.100. The van der Waals surface area contributed by atoms with E-state index in [4.69, 9.17) is 5.73 Å². The average molecular weight is 351 g/mol. The van der Waals surface area contributed by atoms with Crippen molar-refractivity contribution in [1.29, 1.82) is 0 Å². The molecule has 0 aliphatic rings. The third kappa shape index (κ3) is 3.05. The number of hydrogen-bond acceptors (Lipinski definition) is 3. The van der Waals surface area contributed by atoms with E-state index < -0.39 is 4.12 Å². The van der Waals surface area contributed by atoms with E-state index in [-0.39, 0.29) is 5.75 Å². The van der Waals surface area contributed by atoms with Crippen molar-refractivity contribution >= 4 is 28.3 Å². The number of rotatable bonds is 3. The number of nitrogens with zero attached hydrogens (tertiary/aromatic N) is 2. The van der Waals surface area contributed by atoms with Crippen molar-refractivity contribution in [2.24, 2.45) is 0 Å². The summed E-state index contributed by atoms with van der Waals surface area (Å²) >= 11 is 0.899. The molecule has 0 unspecified atom stereocenters. The van der Waals surface area contributed by atoms with Crippen molar-refractivity contribution in [3.8, 4) is 11.4 Å². The van der Waals surface area contributed by atoms with Crippen LogP contribution in [-0.2, 0) is 0 Å². The van der Waals surface area contributed by atoms with Crippen LogP contribution in [0.1, 0.15) is 0 Å². The molecule has 90 valence electrons. The van der Waals surface area contributed by atoms with Crippen molar-refractivity contribution in [2.75, 3.05) is 5.73 Å². The molecule has 0 bridgehead atoms. The quantitative estimate of drug-likeness (QED) is 0.526. The highest BCUT2D eigenvalue weighted by molar-refractivity contribution is 14.1. The molecule has 1 aromatic carbocycles. The molecule has 0 amide bonds. The van der Waals surface area contributed by atoms with Crippen LogP contribution in [0.2, 0.25) is 0 Å². The number of imidazole rings is 1. The number of hydrogen-bond donors (Lipinski definition) is 1. The Bertz CT molecular complexity index is 511. The van der Waals surface area contributed by atoms with Gasteiger partial charge in [0.2, 0.25) is 0 Å². The SMILES string of the molecule is Nc1cc(OC(F)(F)I)ccc1-n1ccnc1. The van der Waals surface area contributed by atoms with Crippen LogP contribution in [0.25, 0.3) is 5.69 Å². The van der Waals surface area contributed by atoms with Crippen molar-refractivity contribution in [3.05, 3.63) is 36.9 Å². The predicted molar refractivity (Wildman–Crippen MR) is 67.6 cm³/mol. The topological polar surface area (TPSA) is 53.1 Å². The maximum Gasteiger partial charge on any atom is 0.451 e. The molecule has 1 heterocycles. The van der Waals surface area contributed by atoms with Crippen molar-refractivity contribution in [1.82, 2.24) is 9.55 Å². The van der Waals surface area contributed by atoms with Crippen LogP contribution in [0, 0.1) is 0 Å². The Morgan fingerprint density at radius 1 is 1.41 bits per heavy atom. The minimum absolute atomic E-state index is 0.0192. The first-order valence-corrected chi connectivity index (χ1v) is 5.67. The lowest BCUT2D eigenvalue weighted by Gasteiger charge is -2.13. The fourth-order valence-electron chi connectivity index (χ4n) is 1.37. The highest BCUT2D eigenvalue weighted by atomic mass is 127. The molecule has 4 nitrogen and oxygen atoms in total. The van der Waals surface area contributed by atoms with E-state index in [1.165, 1.54) is 12.1 Å². The summed E-state index contributed by atoms with van der Waals surface area (Å²) in [7, 11) is 0. The molecule has 0 spiro atoms. The Hall–Kier alpha value is -1.38. The van der Waals surface area contributed by atoms with Gasteiger partial charge in [-0.25, -0.2) is 4.98 Å². The first kappa shape index (κ1) is 12.1. The summed E-state index contributed by atoms with van der Waals surface area (Å²) in [5, 5.41) is 0. The number of aromatic nitrogens is 2. The standard InChI is InChI=1S/C10H8F2IN3O/c11-10(12,13)17-7-1-2-9(8(14)5-7)16-4-3-15-6-16/h1-6H,14H2. The van der Waals surface area contributed by atoms with E-state index in [9.17, 15) is 8.78 Å². The summed E-state index contributed by atoms with van der Waals surface area (Å²) in [4.78, 5) is 3.88. The van der Waals surface area contributed by atoms with Crippen LogP contribution in [0.4, 0.5) is 14.5 Å². The van der Waals surface area contributed by atoms with E-state index in [2.05, 4.69) is 9.72 Å². The number of nitrogen functional groups attached to an aromatic ring is 1. The van der Waals surface area contributed by atoms with Gasteiger partial charge >= 0.3 is 4.12 Å². The molecular weight excluding hydrogens is 343 g/mol. The van der Waals surface area contributed by atoms with Crippen LogP contribution in [0.3, 0.4) is 0 Å². The fourth-order valence-corrected chi connectivity index (χ4v) is 1.62. The molecule has 0 aliphatic carbocycles. The third-order valence-corrected chi connectivity index (χ3v) is 2.24. The van der Waals surface area contributed by atoms with Gasteiger partial charge in [0.1, 0.15) is 5.75 Å². The van der Waals surface area contributed by atoms with E-state index >= 15 is 0 Å². The summed E-state index contributed by atoms with van der Waals surface area (Å²) in [5.74, 6) is 0.0192. The normalized spacial score (nSPS) is 11.5. The van der Waals surface area contributed by atoms with E-state index in [0.29, 0.717) is 11.4 Å². The van der Waals surface area contributed by atoms with E-state index in [1.807, 2.05) is 0 Å². The third-order valence-electron chi connectivity index (χ3n) is 2.02. The molecule has 0 saturated heterocycles. The van der Waals surface area contributed by atoms with Crippen LogP contribution < -0.4 is 10.5 Å².